The van der Waals surface area contributed by atoms with Gasteiger partial charge in [0.25, 0.3) is 11.1 Å². The minimum Gasteiger partial charge on any atom is -0.493 e. The molecule has 1 aliphatic rings. The fraction of sp³-hybridized carbons (Fsp3) is 0.312. The Hall–Kier alpha value is -2.48. The van der Waals surface area contributed by atoms with E-state index in [-0.39, 0.29) is 4.91 Å². The molecule has 0 N–H and O–H groups in total. The molecule has 24 heavy (non-hydrogen) atoms. The third kappa shape index (κ3) is 3.88. The van der Waals surface area contributed by atoms with E-state index in [1.54, 1.807) is 24.3 Å². The second-order valence-corrected chi connectivity index (χ2v) is 5.68. The molecule has 0 aromatic heterocycles. The molecule has 2 amide bonds. The van der Waals surface area contributed by atoms with Crippen LogP contribution in [0.1, 0.15) is 12.5 Å². The summed E-state index contributed by atoms with van der Waals surface area (Å²) in [6.07, 6.45) is 1.57. The predicted octanol–water partition coefficient (Wildman–Crippen LogP) is 2.30. The number of esters is 1. The van der Waals surface area contributed by atoms with Gasteiger partial charge in [0, 0.05) is 0 Å². The fourth-order valence-electron chi connectivity index (χ4n) is 2.03. The molecule has 1 aromatic rings. The van der Waals surface area contributed by atoms with Gasteiger partial charge in [0.1, 0.15) is 6.54 Å². The van der Waals surface area contributed by atoms with Crippen LogP contribution in [0, 0.1) is 0 Å². The number of nitrogens with zero attached hydrogens (tertiary/aromatic N) is 1. The highest BCUT2D eigenvalue weighted by Crippen LogP contribution is 2.34. The number of benzene rings is 1. The van der Waals surface area contributed by atoms with E-state index in [9.17, 15) is 14.4 Å². The van der Waals surface area contributed by atoms with Crippen LogP contribution in [0.25, 0.3) is 6.08 Å². The van der Waals surface area contributed by atoms with Gasteiger partial charge >= 0.3 is 5.97 Å². The maximum absolute atomic E-state index is 12.3. The van der Waals surface area contributed by atoms with Crippen LogP contribution in [0.15, 0.2) is 23.1 Å². The lowest BCUT2D eigenvalue weighted by atomic mass is 10.2. The second kappa shape index (κ2) is 7.87. The standard InChI is InChI=1S/C16H17NO6S/c1-4-23-12-7-10(5-6-11(12)21-2)8-13-15(19)17(16(20)24-13)9-14(18)22-3/h5-8H,4,9H2,1-3H3/b13-8+. The van der Waals surface area contributed by atoms with E-state index in [2.05, 4.69) is 4.74 Å². The molecule has 0 unspecified atom stereocenters. The van der Waals surface area contributed by atoms with Crippen molar-refractivity contribution in [1.29, 1.82) is 0 Å². The van der Waals surface area contributed by atoms with E-state index < -0.39 is 23.7 Å². The summed E-state index contributed by atoms with van der Waals surface area (Å²) < 4.78 is 15.2. The summed E-state index contributed by atoms with van der Waals surface area (Å²) in [7, 11) is 2.74. The van der Waals surface area contributed by atoms with Gasteiger partial charge < -0.3 is 14.2 Å². The van der Waals surface area contributed by atoms with Gasteiger partial charge in [-0.2, -0.15) is 0 Å². The van der Waals surface area contributed by atoms with Crippen molar-refractivity contribution in [2.45, 2.75) is 6.92 Å². The Morgan fingerprint density at radius 2 is 2.00 bits per heavy atom. The van der Waals surface area contributed by atoms with Crippen LogP contribution >= 0.6 is 11.8 Å². The SMILES string of the molecule is CCOc1cc(/C=C2/SC(=O)N(CC(=O)OC)C2=O)ccc1OC. The Balaban J connectivity index is 2.25. The average Bonchev–Trinajstić information content (AvgIpc) is 2.83. The molecule has 0 atom stereocenters. The molecule has 8 heteroatoms. The molecule has 1 saturated heterocycles. The first kappa shape index (κ1) is 17.9. The lowest BCUT2D eigenvalue weighted by Crippen LogP contribution is -2.34. The van der Waals surface area contributed by atoms with Crippen LogP contribution in [0.2, 0.25) is 0 Å². The van der Waals surface area contributed by atoms with Crippen LogP contribution in [0.5, 0.6) is 11.5 Å². The van der Waals surface area contributed by atoms with Gasteiger partial charge in [-0.05, 0) is 42.5 Å². The zero-order valence-electron chi connectivity index (χ0n) is 13.5. The minimum atomic E-state index is -0.651. The van der Waals surface area contributed by atoms with Crippen molar-refractivity contribution >= 4 is 35.0 Å². The van der Waals surface area contributed by atoms with E-state index in [1.807, 2.05) is 6.92 Å². The van der Waals surface area contributed by atoms with E-state index in [4.69, 9.17) is 9.47 Å². The maximum atomic E-state index is 12.3. The van der Waals surface area contributed by atoms with E-state index >= 15 is 0 Å². The zero-order chi connectivity index (χ0) is 17.7. The van der Waals surface area contributed by atoms with Crippen LogP contribution in [0.3, 0.4) is 0 Å². The monoisotopic (exact) mass is 351 g/mol. The van der Waals surface area contributed by atoms with Gasteiger partial charge in [-0.1, -0.05) is 6.07 Å². The largest absolute Gasteiger partial charge is 0.493 e. The van der Waals surface area contributed by atoms with E-state index in [0.717, 1.165) is 16.7 Å². The Morgan fingerprint density at radius 3 is 2.62 bits per heavy atom. The lowest BCUT2D eigenvalue weighted by molar-refractivity contribution is -0.143. The summed E-state index contributed by atoms with van der Waals surface area (Å²) >= 11 is 0.777. The molecular weight excluding hydrogens is 334 g/mol. The van der Waals surface area contributed by atoms with Crippen molar-refractivity contribution in [2.75, 3.05) is 27.4 Å². The van der Waals surface area contributed by atoms with Crippen molar-refractivity contribution in [3.8, 4) is 11.5 Å². The van der Waals surface area contributed by atoms with Crippen LogP contribution in [-0.2, 0) is 14.3 Å². The van der Waals surface area contributed by atoms with E-state index in [0.29, 0.717) is 23.7 Å². The number of amides is 2. The fourth-order valence-corrected chi connectivity index (χ4v) is 2.87. The third-order valence-corrected chi connectivity index (χ3v) is 4.08. The number of rotatable bonds is 6. The van der Waals surface area contributed by atoms with Crippen molar-refractivity contribution in [3.05, 3.63) is 28.7 Å². The number of ether oxygens (including phenoxy) is 3. The number of hydrogen-bond acceptors (Lipinski definition) is 7. The van der Waals surface area contributed by atoms with Gasteiger partial charge in [-0.25, -0.2) is 0 Å². The Morgan fingerprint density at radius 1 is 1.25 bits per heavy atom. The number of carbonyl (C=O) groups is 3. The van der Waals surface area contributed by atoms with Gasteiger partial charge in [0.2, 0.25) is 0 Å². The summed E-state index contributed by atoms with van der Waals surface area (Å²) in [5.41, 5.74) is 0.683. The van der Waals surface area contributed by atoms with Crippen molar-refractivity contribution in [2.24, 2.45) is 0 Å². The summed E-state index contributed by atoms with van der Waals surface area (Å²) in [6, 6.07) is 5.18. The molecule has 0 bridgehead atoms. The molecule has 1 aromatic carbocycles. The quantitative estimate of drug-likeness (QED) is 0.574. The number of carbonyl (C=O) groups excluding carboxylic acids is 3. The molecule has 1 aliphatic heterocycles. The Kier molecular flexibility index (Phi) is 5.86. The van der Waals surface area contributed by atoms with Crippen molar-refractivity contribution in [3.63, 3.8) is 0 Å². The molecule has 0 spiro atoms. The van der Waals surface area contributed by atoms with Gasteiger partial charge in [0.15, 0.2) is 11.5 Å². The third-order valence-electron chi connectivity index (χ3n) is 3.17. The summed E-state index contributed by atoms with van der Waals surface area (Å²) in [5.74, 6) is -0.0545. The molecular formula is C16H17NO6S. The topological polar surface area (TPSA) is 82.1 Å². The molecule has 128 valence electrons. The summed E-state index contributed by atoms with van der Waals surface area (Å²) in [5, 5.41) is -0.504. The molecule has 0 radical (unpaired) electrons. The first-order valence-corrected chi connectivity index (χ1v) is 7.94. The van der Waals surface area contributed by atoms with Crippen LogP contribution in [-0.4, -0.2) is 49.4 Å². The highest BCUT2D eigenvalue weighted by molar-refractivity contribution is 8.18. The number of methoxy groups -OCH3 is 2. The second-order valence-electron chi connectivity index (χ2n) is 4.69. The van der Waals surface area contributed by atoms with Gasteiger partial charge in [-0.3, -0.25) is 19.3 Å². The number of hydrogen-bond donors (Lipinski definition) is 0. The maximum Gasteiger partial charge on any atom is 0.325 e. The predicted molar refractivity (Wildman–Crippen MR) is 88.9 cm³/mol. The Labute approximate surface area is 143 Å². The minimum absolute atomic E-state index is 0.233. The average molecular weight is 351 g/mol. The normalized spacial score (nSPS) is 15.8. The van der Waals surface area contributed by atoms with Crippen molar-refractivity contribution in [1.82, 2.24) is 4.90 Å². The van der Waals surface area contributed by atoms with Crippen LogP contribution < -0.4 is 9.47 Å². The highest BCUT2D eigenvalue weighted by Gasteiger charge is 2.36. The molecule has 1 fully saturated rings. The molecule has 0 aliphatic carbocycles. The first-order chi connectivity index (χ1) is 11.5. The first-order valence-electron chi connectivity index (χ1n) is 7.13. The molecule has 2 rings (SSSR count). The number of thioether (sulfide) groups is 1. The Bertz CT molecular complexity index is 700. The smallest absolute Gasteiger partial charge is 0.325 e. The van der Waals surface area contributed by atoms with Crippen LogP contribution in [0.4, 0.5) is 4.79 Å². The van der Waals surface area contributed by atoms with Crippen molar-refractivity contribution < 1.29 is 28.6 Å². The molecule has 1 heterocycles. The number of imide groups is 1. The molecule has 0 saturated carbocycles. The van der Waals surface area contributed by atoms with E-state index in [1.165, 1.54) is 14.2 Å². The molecule has 7 nitrogen and oxygen atoms in total. The lowest BCUT2D eigenvalue weighted by Gasteiger charge is -2.10. The summed E-state index contributed by atoms with van der Waals surface area (Å²) in [4.78, 5) is 36.5. The summed E-state index contributed by atoms with van der Waals surface area (Å²) in [6.45, 7) is 1.92. The van der Waals surface area contributed by atoms with Gasteiger partial charge in [-0.15, -0.1) is 0 Å². The zero-order valence-corrected chi connectivity index (χ0v) is 14.3. The van der Waals surface area contributed by atoms with Gasteiger partial charge in [0.05, 0.1) is 25.7 Å². The highest BCUT2D eigenvalue weighted by atomic mass is 32.2.